The van der Waals surface area contributed by atoms with Gasteiger partial charge in [-0.15, -0.1) is 0 Å². The van der Waals surface area contributed by atoms with Gasteiger partial charge in [0.15, 0.2) is 6.29 Å². The van der Waals surface area contributed by atoms with Gasteiger partial charge in [-0.3, -0.25) is 0 Å². The topological polar surface area (TPSA) is 269 Å². The molecule has 0 radical (unpaired) electrons. The van der Waals surface area contributed by atoms with E-state index in [4.69, 9.17) is 70.8 Å². The zero-order valence-corrected chi connectivity index (χ0v) is 40.7. The van der Waals surface area contributed by atoms with Crippen molar-refractivity contribution in [1.29, 1.82) is 0 Å². The van der Waals surface area contributed by atoms with Crippen LogP contribution >= 0.6 is 0 Å². The molecule has 0 spiro atoms. The molecule has 0 bridgehead atoms. The molecule has 0 saturated carbocycles. The molecule has 2 rings (SSSR count). The molecule has 27 heteroatoms. The lowest BCUT2D eigenvalue weighted by molar-refractivity contribution is -0.372. The Labute approximate surface area is 347 Å². The van der Waals surface area contributed by atoms with E-state index in [-0.39, 0.29) is 59.3 Å². The fraction of sp³-hybridized carbons (Fsp3) is 1.00. The van der Waals surface area contributed by atoms with E-state index >= 15 is 0 Å². The standard InChI is InChI=1S/C31H70O22Si5/c1-12-38-54(9,39-13-2)53-58(44-18-7,45-19-8)50-29-28(36)27(22-33)47-31(29,23-34)48-30-24(35)20-25(26(21-32)46-30)49-55(10,40-14-3)51-56(11,41-15-4)52-57(37,42-16-5)43-17-6/h24-30,32-37H,12-23H2,1-11H3/t24-,25+,26-,27-,28-,29+,30-,31?,55?,56?/m1/s1. The van der Waals surface area contributed by atoms with Gasteiger partial charge in [-0.25, -0.2) is 0 Å². The lowest BCUT2D eigenvalue weighted by Crippen LogP contribution is -2.66. The van der Waals surface area contributed by atoms with Gasteiger partial charge in [0, 0.05) is 78.9 Å². The van der Waals surface area contributed by atoms with E-state index in [0.29, 0.717) is 0 Å². The van der Waals surface area contributed by atoms with E-state index in [9.17, 15) is 30.3 Å². The number of ether oxygens (including phenoxy) is 3. The summed E-state index contributed by atoms with van der Waals surface area (Å²) >= 11 is 0. The van der Waals surface area contributed by atoms with Crippen LogP contribution in [-0.2, 0) is 70.8 Å². The molecule has 10 atom stereocenters. The van der Waals surface area contributed by atoms with Crippen molar-refractivity contribution in [1.82, 2.24) is 0 Å². The van der Waals surface area contributed by atoms with E-state index in [1.165, 1.54) is 6.55 Å². The van der Waals surface area contributed by atoms with Crippen LogP contribution in [0, 0.1) is 0 Å². The Bertz CT molecular complexity index is 1140. The summed E-state index contributed by atoms with van der Waals surface area (Å²) in [7, 11) is -19.9. The first-order valence-corrected chi connectivity index (χ1v) is 29.8. The molecule has 0 amide bonds. The molecule has 58 heavy (non-hydrogen) atoms. The van der Waals surface area contributed by atoms with Gasteiger partial charge < -0.3 is 101 Å². The zero-order chi connectivity index (χ0) is 43.8. The monoisotopic (exact) mass is 934 g/mol. The highest BCUT2D eigenvalue weighted by molar-refractivity contribution is 6.78. The summed E-state index contributed by atoms with van der Waals surface area (Å²) in [5.41, 5.74) is 0. The van der Waals surface area contributed by atoms with Crippen molar-refractivity contribution in [3.63, 3.8) is 0 Å². The summed E-state index contributed by atoms with van der Waals surface area (Å²) in [5, 5.41) is 54.6. The number of aliphatic hydroxyl groups excluding tert-OH is 5. The van der Waals surface area contributed by atoms with E-state index in [2.05, 4.69) is 0 Å². The van der Waals surface area contributed by atoms with Crippen LogP contribution in [-0.4, -0.2) is 196 Å². The van der Waals surface area contributed by atoms with Gasteiger partial charge in [0.1, 0.15) is 37.1 Å². The lowest BCUT2D eigenvalue weighted by Gasteiger charge is -2.45. The maximum absolute atomic E-state index is 11.5. The Kier molecular flexibility index (Phi) is 23.3. The third kappa shape index (κ3) is 14.9. The normalized spacial score (nSPS) is 29.4. The average molecular weight is 935 g/mol. The van der Waals surface area contributed by atoms with Crippen LogP contribution in [0.25, 0.3) is 0 Å². The van der Waals surface area contributed by atoms with Gasteiger partial charge in [-0.2, -0.15) is 0 Å². The van der Waals surface area contributed by atoms with Crippen molar-refractivity contribution < 1.29 is 101 Å². The largest absolute Gasteiger partial charge is 0.672 e. The van der Waals surface area contributed by atoms with E-state index < -0.39 is 113 Å². The van der Waals surface area contributed by atoms with E-state index in [0.717, 1.165) is 0 Å². The molecule has 346 valence electrons. The third-order valence-electron chi connectivity index (χ3n) is 8.44. The predicted octanol–water partition coefficient (Wildman–Crippen LogP) is -0.406. The fourth-order valence-electron chi connectivity index (χ4n) is 6.41. The van der Waals surface area contributed by atoms with Crippen molar-refractivity contribution in [3.8, 4) is 0 Å². The van der Waals surface area contributed by atoms with Crippen LogP contribution in [0.2, 0.25) is 19.6 Å². The zero-order valence-electron chi connectivity index (χ0n) is 35.7. The molecule has 22 nitrogen and oxygen atoms in total. The Morgan fingerprint density at radius 3 is 1.53 bits per heavy atom. The summed E-state index contributed by atoms with van der Waals surface area (Å²) in [4.78, 5) is 11.1. The number of aliphatic hydroxyl groups is 5. The molecule has 2 saturated heterocycles. The first kappa shape index (κ1) is 54.3. The van der Waals surface area contributed by atoms with E-state index in [1.807, 2.05) is 0 Å². The molecule has 2 fully saturated rings. The SMILES string of the molecule is CCO[Si](C)(O[C@H]1C[C@@H](O)[C@@H](OC2(CO)O[C@H](CO)[C@@H](O)[C@@H]2O[Si](OCC)(OCC)O[Si](C)(OCC)OCC)O[C@@H]1CO)O[Si](C)(OCC)O[Si](O)(OCC)OCC. The molecule has 0 aromatic heterocycles. The first-order chi connectivity index (χ1) is 27.4. The Morgan fingerprint density at radius 2 is 1.07 bits per heavy atom. The van der Waals surface area contributed by atoms with Crippen molar-refractivity contribution in [2.24, 2.45) is 0 Å². The molecular weight excluding hydrogens is 865 g/mol. The molecule has 0 aromatic rings. The first-order valence-electron chi connectivity index (χ1n) is 19.9. The summed E-state index contributed by atoms with van der Waals surface area (Å²) in [5.74, 6) is -2.33. The van der Waals surface area contributed by atoms with Crippen LogP contribution < -0.4 is 0 Å². The van der Waals surface area contributed by atoms with Crippen molar-refractivity contribution in [2.75, 3.05) is 72.7 Å². The number of hydrogen-bond acceptors (Lipinski definition) is 22. The van der Waals surface area contributed by atoms with Gasteiger partial charge >= 0.3 is 44.5 Å². The van der Waals surface area contributed by atoms with Crippen molar-refractivity contribution >= 4 is 44.5 Å². The highest BCUT2D eigenvalue weighted by Crippen LogP contribution is 2.41. The maximum Gasteiger partial charge on any atom is 0.672 e. The van der Waals surface area contributed by atoms with Gasteiger partial charge in [0.05, 0.1) is 19.3 Å². The summed E-state index contributed by atoms with van der Waals surface area (Å²) in [6, 6.07) is 0. The van der Waals surface area contributed by atoms with Crippen LogP contribution in [0.1, 0.15) is 61.8 Å². The predicted molar refractivity (Wildman–Crippen MR) is 210 cm³/mol. The third-order valence-corrected chi connectivity index (χ3v) is 23.5. The molecule has 0 aromatic carbocycles. The Balaban J connectivity index is 2.47. The van der Waals surface area contributed by atoms with Gasteiger partial charge in [0.25, 0.3) is 0 Å². The van der Waals surface area contributed by atoms with Gasteiger partial charge in [-0.05, 0) is 55.4 Å². The Hall–Kier alpha value is 0.204. The highest BCUT2D eigenvalue weighted by Gasteiger charge is 2.65. The van der Waals surface area contributed by atoms with Crippen LogP contribution in [0.5, 0.6) is 0 Å². The average Bonchev–Trinajstić information content (AvgIpc) is 3.39. The number of hydrogen-bond donors (Lipinski definition) is 6. The van der Waals surface area contributed by atoms with Crippen LogP contribution in [0.15, 0.2) is 0 Å². The quantitative estimate of drug-likeness (QED) is 0.0483. The van der Waals surface area contributed by atoms with Crippen LogP contribution in [0.4, 0.5) is 0 Å². The molecule has 3 unspecified atom stereocenters. The molecule has 0 aliphatic carbocycles. The maximum atomic E-state index is 11.5. The highest BCUT2D eigenvalue weighted by atomic mass is 28.5. The second-order valence-corrected chi connectivity index (χ2v) is 25.5. The summed E-state index contributed by atoms with van der Waals surface area (Å²) in [6.45, 7) is 16.8. The minimum absolute atomic E-state index is 0.0208. The van der Waals surface area contributed by atoms with Crippen molar-refractivity contribution in [2.45, 2.75) is 130 Å². The molecule has 2 heterocycles. The van der Waals surface area contributed by atoms with Crippen LogP contribution in [0.3, 0.4) is 0 Å². The second-order valence-electron chi connectivity index (χ2n) is 13.0. The lowest BCUT2D eigenvalue weighted by atomic mass is 10.0. The minimum atomic E-state index is -4.39. The molecule has 6 N–H and O–H groups in total. The summed E-state index contributed by atoms with van der Waals surface area (Å²) in [6.07, 6.45) is -10.4. The van der Waals surface area contributed by atoms with Crippen molar-refractivity contribution in [3.05, 3.63) is 0 Å². The fourth-order valence-corrected chi connectivity index (χ4v) is 21.3. The molecule has 2 aliphatic rings. The van der Waals surface area contributed by atoms with Gasteiger partial charge in [0.2, 0.25) is 5.79 Å². The second kappa shape index (κ2) is 24.9. The Morgan fingerprint density at radius 1 is 0.586 bits per heavy atom. The van der Waals surface area contributed by atoms with Gasteiger partial charge in [-0.1, -0.05) is 0 Å². The number of rotatable bonds is 31. The smallest absolute Gasteiger partial charge is 0.394 e. The van der Waals surface area contributed by atoms with E-state index in [1.54, 1.807) is 68.5 Å². The molecular formula is C31H70O22Si5. The minimum Gasteiger partial charge on any atom is -0.394 e. The summed E-state index contributed by atoms with van der Waals surface area (Å²) < 4.78 is 96.2. The molecule has 2 aliphatic heterocycles.